The van der Waals surface area contributed by atoms with Crippen LogP contribution in [0.5, 0.6) is 0 Å². The number of hydrogen-bond donors (Lipinski definition) is 1. The van der Waals surface area contributed by atoms with E-state index in [-0.39, 0.29) is 0 Å². The molecule has 1 aromatic heterocycles. The quantitative estimate of drug-likeness (QED) is 0.752. The van der Waals surface area contributed by atoms with Crippen LogP contribution in [0.1, 0.15) is 11.1 Å². The van der Waals surface area contributed by atoms with E-state index in [9.17, 15) is 4.21 Å². The summed E-state index contributed by atoms with van der Waals surface area (Å²) < 4.78 is 12.4. The van der Waals surface area contributed by atoms with E-state index in [4.69, 9.17) is 5.73 Å². The van der Waals surface area contributed by atoms with Gasteiger partial charge in [-0.3, -0.25) is 9.19 Å². The Hall–Kier alpha value is -2.20. The molecule has 2 aromatic carbocycles. The molecule has 3 nitrogen and oxygen atoms in total. The maximum Gasteiger partial charge on any atom is 0.0763 e. The van der Waals surface area contributed by atoms with Crippen molar-refractivity contribution in [1.82, 2.24) is 4.98 Å². The SMILES string of the molecule is Nc1ccc(CS(=O)Cc2ccccc2)c2ncccc12. The molecule has 0 bridgehead atoms. The van der Waals surface area contributed by atoms with Crippen molar-refractivity contribution in [2.75, 3.05) is 5.73 Å². The molecule has 0 aliphatic heterocycles. The Morgan fingerprint density at radius 2 is 1.76 bits per heavy atom. The maximum atomic E-state index is 12.4. The van der Waals surface area contributed by atoms with Crippen molar-refractivity contribution in [2.24, 2.45) is 0 Å². The summed E-state index contributed by atoms with van der Waals surface area (Å²) in [6.45, 7) is 0. The molecule has 0 saturated heterocycles. The smallest absolute Gasteiger partial charge is 0.0763 e. The third-order valence-electron chi connectivity index (χ3n) is 3.37. The van der Waals surface area contributed by atoms with Gasteiger partial charge in [0.1, 0.15) is 0 Å². The van der Waals surface area contributed by atoms with Crippen LogP contribution in [0.3, 0.4) is 0 Å². The molecule has 1 unspecified atom stereocenters. The van der Waals surface area contributed by atoms with Gasteiger partial charge in [-0.2, -0.15) is 0 Å². The lowest BCUT2D eigenvalue weighted by atomic mass is 10.1. The molecule has 1 atom stereocenters. The average Bonchev–Trinajstić information content (AvgIpc) is 2.51. The van der Waals surface area contributed by atoms with Gasteiger partial charge in [-0.25, -0.2) is 0 Å². The lowest BCUT2D eigenvalue weighted by molar-refractivity contribution is 0.682. The van der Waals surface area contributed by atoms with Crippen molar-refractivity contribution < 1.29 is 4.21 Å². The van der Waals surface area contributed by atoms with Crippen molar-refractivity contribution in [3.8, 4) is 0 Å². The second-order valence-electron chi connectivity index (χ2n) is 4.93. The Balaban J connectivity index is 1.85. The average molecular weight is 296 g/mol. The van der Waals surface area contributed by atoms with Crippen LogP contribution in [0, 0.1) is 0 Å². The normalized spacial score (nSPS) is 12.4. The molecule has 21 heavy (non-hydrogen) atoms. The lowest BCUT2D eigenvalue weighted by Crippen LogP contribution is -2.01. The van der Waals surface area contributed by atoms with Gasteiger partial charge in [0, 0.05) is 33.8 Å². The highest BCUT2D eigenvalue weighted by atomic mass is 32.2. The van der Waals surface area contributed by atoms with Crippen LogP contribution in [0.25, 0.3) is 10.9 Å². The van der Waals surface area contributed by atoms with Gasteiger partial charge in [0.2, 0.25) is 0 Å². The number of benzene rings is 2. The fourth-order valence-electron chi connectivity index (χ4n) is 2.35. The highest BCUT2D eigenvalue weighted by Crippen LogP contribution is 2.24. The van der Waals surface area contributed by atoms with Crippen molar-refractivity contribution in [3.05, 3.63) is 71.9 Å². The van der Waals surface area contributed by atoms with Gasteiger partial charge in [0.05, 0.1) is 11.3 Å². The first-order valence-electron chi connectivity index (χ1n) is 6.75. The Morgan fingerprint density at radius 1 is 0.952 bits per heavy atom. The van der Waals surface area contributed by atoms with E-state index in [1.54, 1.807) is 6.20 Å². The summed E-state index contributed by atoms with van der Waals surface area (Å²) in [4.78, 5) is 4.39. The molecule has 106 valence electrons. The largest absolute Gasteiger partial charge is 0.398 e. The summed E-state index contributed by atoms with van der Waals surface area (Å²) in [5, 5.41) is 0.923. The molecule has 0 amide bonds. The molecule has 0 fully saturated rings. The molecular weight excluding hydrogens is 280 g/mol. The van der Waals surface area contributed by atoms with E-state index in [0.717, 1.165) is 22.0 Å². The fraction of sp³-hybridized carbons (Fsp3) is 0.118. The highest BCUT2D eigenvalue weighted by molar-refractivity contribution is 7.83. The van der Waals surface area contributed by atoms with Gasteiger partial charge in [0.15, 0.2) is 0 Å². The van der Waals surface area contributed by atoms with Crippen LogP contribution < -0.4 is 5.73 Å². The number of nitrogens with zero attached hydrogens (tertiary/aromatic N) is 1. The third-order valence-corrected chi connectivity index (χ3v) is 4.66. The zero-order valence-electron chi connectivity index (χ0n) is 11.5. The number of anilines is 1. The first kappa shape index (κ1) is 13.8. The molecule has 0 aliphatic carbocycles. The maximum absolute atomic E-state index is 12.4. The van der Waals surface area contributed by atoms with Crippen LogP contribution >= 0.6 is 0 Å². The summed E-state index contributed by atoms with van der Waals surface area (Å²) in [7, 11) is -0.965. The van der Waals surface area contributed by atoms with E-state index in [1.165, 1.54) is 0 Å². The number of rotatable bonds is 4. The number of fused-ring (bicyclic) bond motifs is 1. The van der Waals surface area contributed by atoms with E-state index in [2.05, 4.69) is 4.98 Å². The molecule has 1 heterocycles. The Labute approximate surface area is 126 Å². The second kappa shape index (κ2) is 6.06. The summed E-state index contributed by atoms with van der Waals surface area (Å²) >= 11 is 0. The topological polar surface area (TPSA) is 56.0 Å². The molecule has 3 aromatic rings. The molecular formula is C17H16N2OS. The number of pyridine rings is 1. The lowest BCUT2D eigenvalue weighted by Gasteiger charge is -2.08. The van der Waals surface area contributed by atoms with E-state index < -0.39 is 10.8 Å². The van der Waals surface area contributed by atoms with Gasteiger partial charge in [-0.05, 0) is 29.3 Å². The standard InChI is InChI=1S/C17H16N2OS/c18-16-9-8-14(17-15(16)7-4-10-19-17)12-21(20)11-13-5-2-1-3-6-13/h1-10H,11-12,18H2. The van der Waals surface area contributed by atoms with Crippen molar-refractivity contribution in [1.29, 1.82) is 0 Å². The Bertz CT molecular complexity index is 787. The minimum atomic E-state index is -0.965. The Morgan fingerprint density at radius 3 is 2.57 bits per heavy atom. The summed E-state index contributed by atoms with van der Waals surface area (Å²) in [6, 6.07) is 17.5. The minimum absolute atomic E-state index is 0.489. The van der Waals surface area contributed by atoms with Crippen molar-refractivity contribution in [2.45, 2.75) is 11.5 Å². The van der Waals surface area contributed by atoms with Gasteiger partial charge < -0.3 is 5.73 Å². The second-order valence-corrected chi connectivity index (χ2v) is 6.38. The Kier molecular flexibility index (Phi) is 3.97. The first-order chi connectivity index (χ1) is 10.2. The number of hydrogen-bond acceptors (Lipinski definition) is 3. The molecule has 0 saturated carbocycles. The predicted molar refractivity (Wildman–Crippen MR) is 88.1 cm³/mol. The van der Waals surface area contributed by atoms with Crippen LogP contribution in [-0.2, 0) is 22.3 Å². The molecule has 0 aliphatic rings. The number of aromatic nitrogens is 1. The first-order valence-corrected chi connectivity index (χ1v) is 8.24. The minimum Gasteiger partial charge on any atom is -0.398 e. The summed E-state index contributed by atoms with van der Waals surface area (Å²) in [6.07, 6.45) is 1.74. The van der Waals surface area contributed by atoms with Crippen LogP contribution in [0.2, 0.25) is 0 Å². The predicted octanol–water partition coefficient (Wildman–Crippen LogP) is 3.27. The monoisotopic (exact) mass is 296 g/mol. The van der Waals surface area contributed by atoms with Crippen LogP contribution in [0.4, 0.5) is 5.69 Å². The third kappa shape index (κ3) is 3.11. The summed E-state index contributed by atoms with van der Waals surface area (Å²) in [5.74, 6) is 1.04. The molecule has 4 heteroatoms. The number of nitrogens with two attached hydrogens (primary N) is 1. The van der Waals surface area contributed by atoms with Crippen LogP contribution in [-0.4, -0.2) is 9.19 Å². The van der Waals surface area contributed by atoms with Gasteiger partial charge in [-0.1, -0.05) is 36.4 Å². The van der Waals surface area contributed by atoms with Gasteiger partial charge in [-0.15, -0.1) is 0 Å². The fourth-order valence-corrected chi connectivity index (χ4v) is 3.60. The zero-order valence-corrected chi connectivity index (χ0v) is 12.3. The van der Waals surface area contributed by atoms with Gasteiger partial charge in [0.25, 0.3) is 0 Å². The number of nitrogen functional groups attached to an aromatic ring is 1. The van der Waals surface area contributed by atoms with Crippen molar-refractivity contribution in [3.63, 3.8) is 0 Å². The van der Waals surface area contributed by atoms with Gasteiger partial charge >= 0.3 is 0 Å². The van der Waals surface area contributed by atoms with E-state index in [0.29, 0.717) is 17.2 Å². The van der Waals surface area contributed by atoms with E-state index >= 15 is 0 Å². The molecule has 0 radical (unpaired) electrons. The molecule has 0 spiro atoms. The zero-order chi connectivity index (χ0) is 14.7. The van der Waals surface area contributed by atoms with Crippen molar-refractivity contribution >= 4 is 27.4 Å². The summed E-state index contributed by atoms with van der Waals surface area (Å²) in [5.41, 5.74) is 9.58. The molecule has 2 N–H and O–H groups in total. The molecule has 3 rings (SSSR count). The van der Waals surface area contributed by atoms with Crippen LogP contribution in [0.15, 0.2) is 60.8 Å². The highest BCUT2D eigenvalue weighted by Gasteiger charge is 2.09. The van der Waals surface area contributed by atoms with E-state index in [1.807, 2.05) is 54.6 Å².